The van der Waals surface area contributed by atoms with Crippen LogP contribution < -0.4 is 9.47 Å². The summed E-state index contributed by atoms with van der Waals surface area (Å²) in [6.45, 7) is 0.399. The topological polar surface area (TPSA) is 44.2 Å². The molecule has 3 aromatic rings. The minimum atomic E-state index is 0.269. The van der Waals surface area contributed by atoms with E-state index in [0.29, 0.717) is 28.4 Å². The van der Waals surface area contributed by atoms with Crippen molar-refractivity contribution < 1.29 is 9.47 Å². The van der Waals surface area contributed by atoms with Crippen LogP contribution in [0.2, 0.25) is 5.02 Å². The lowest BCUT2D eigenvalue weighted by Gasteiger charge is -2.09. The van der Waals surface area contributed by atoms with Gasteiger partial charge in [-0.1, -0.05) is 48.0 Å². The Balaban J connectivity index is 1.93. The molecule has 5 heteroatoms. The summed E-state index contributed by atoms with van der Waals surface area (Å²) in [5, 5.41) is 1.24. The second-order valence-corrected chi connectivity index (χ2v) is 4.83. The minimum Gasteiger partial charge on any atom is -0.480 e. The summed E-state index contributed by atoms with van der Waals surface area (Å²) >= 11 is 6.17. The van der Waals surface area contributed by atoms with Gasteiger partial charge in [0.15, 0.2) is 0 Å². The molecule has 0 aliphatic carbocycles. The number of halogens is 1. The van der Waals surface area contributed by atoms with E-state index in [1.54, 1.807) is 13.2 Å². The van der Waals surface area contributed by atoms with Crippen LogP contribution in [-0.4, -0.2) is 17.1 Å². The molecule has 0 amide bonds. The zero-order valence-corrected chi connectivity index (χ0v) is 12.2. The fourth-order valence-corrected chi connectivity index (χ4v) is 2.27. The molecule has 0 unspecified atom stereocenters. The molecule has 0 atom stereocenters. The highest BCUT2D eigenvalue weighted by molar-refractivity contribution is 6.35. The first-order valence-corrected chi connectivity index (χ1v) is 6.82. The average Bonchev–Trinajstić information content (AvgIpc) is 2.53. The Labute approximate surface area is 127 Å². The van der Waals surface area contributed by atoms with Crippen LogP contribution in [0.4, 0.5) is 0 Å². The molecule has 2 aromatic carbocycles. The van der Waals surface area contributed by atoms with Crippen molar-refractivity contribution in [2.75, 3.05) is 7.11 Å². The van der Waals surface area contributed by atoms with Gasteiger partial charge in [0, 0.05) is 0 Å². The first-order valence-electron chi connectivity index (χ1n) is 6.45. The summed E-state index contributed by atoms with van der Waals surface area (Å²) < 4.78 is 10.9. The van der Waals surface area contributed by atoms with Gasteiger partial charge in [0.2, 0.25) is 5.88 Å². The first kappa shape index (κ1) is 13.6. The third-order valence-corrected chi connectivity index (χ3v) is 3.34. The summed E-state index contributed by atoms with van der Waals surface area (Å²) in [7, 11) is 1.55. The number of ether oxygens (including phenoxy) is 2. The van der Waals surface area contributed by atoms with Crippen molar-refractivity contribution in [1.29, 1.82) is 0 Å². The van der Waals surface area contributed by atoms with E-state index in [2.05, 4.69) is 9.97 Å². The number of methoxy groups -OCH3 is 1. The number of benzene rings is 2. The molecule has 21 heavy (non-hydrogen) atoms. The maximum Gasteiger partial charge on any atom is 0.320 e. The van der Waals surface area contributed by atoms with Crippen LogP contribution in [0.3, 0.4) is 0 Å². The largest absolute Gasteiger partial charge is 0.480 e. The average molecular weight is 301 g/mol. The first-order chi connectivity index (χ1) is 10.3. The fraction of sp³-hybridized carbons (Fsp3) is 0.125. The lowest BCUT2D eigenvalue weighted by molar-refractivity contribution is 0.276. The minimum absolute atomic E-state index is 0.269. The SMILES string of the molecule is COc1nc(OCc2ccccc2)nc2cccc(Cl)c12. The number of rotatable bonds is 4. The molecule has 1 aromatic heterocycles. The maximum absolute atomic E-state index is 6.17. The number of hydrogen-bond acceptors (Lipinski definition) is 4. The van der Waals surface area contributed by atoms with Gasteiger partial charge in [-0.05, 0) is 17.7 Å². The standard InChI is InChI=1S/C16H13ClN2O2/c1-20-15-14-12(17)8-5-9-13(14)18-16(19-15)21-10-11-6-3-2-4-7-11/h2-9H,10H2,1H3. The summed E-state index contributed by atoms with van der Waals surface area (Å²) in [5.41, 5.74) is 1.74. The number of aromatic nitrogens is 2. The van der Waals surface area contributed by atoms with Gasteiger partial charge in [-0.2, -0.15) is 9.97 Å². The molecule has 0 saturated carbocycles. The lowest BCUT2D eigenvalue weighted by Crippen LogP contribution is -2.01. The molecule has 0 spiro atoms. The van der Waals surface area contributed by atoms with E-state index in [1.165, 1.54) is 0 Å². The van der Waals surface area contributed by atoms with Crippen LogP contribution in [0.25, 0.3) is 10.9 Å². The fourth-order valence-electron chi connectivity index (χ4n) is 2.02. The Morgan fingerprint density at radius 2 is 1.81 bits per heavy atom. The van der Waals surface area contributed by atoms with Crippen molar-refractivity contribution >= 4 is 22.5 Å². The van der Waals surface area contributed by atoms with Crippen LogP contribution in [0.5, 0.6) is 11.9 Å². The van der Waals surface area contributed by atoms with Gasteiger partial charge in [-0.15, -0.1) is 0 Å². The lowest BCUT2D eigenvalue weighted by atomic mass is 10.2. The zero-order chi connectivity index (χ0) is 14.7. The predicted octanol–water partition coefficient (Wildman–Crippen LogP) is 3.87. The van der Waals surface area contributed by atoms with Crippen LogP contribution in [0, 0.1) is 0 Å². The van der Waals surface area contributed by atoms with E-state index in [4.69, 9.17) is 21.1 Å². The predicted molar refractivity (Wildman–Crippen MR) is 81.9 cm³/mol. The van der Waals surface area contributed by atoms with Gasteiger partial charge in [-0.3, -0.25) is 0 Å². The zero-order valence-electron chi connectivity index (χ0n) is 11.4. The summed E-state index contributed by atoms with van der Waals surface area (Å²) in [6.07, 6.45) is 0. The molecule has 3 rings (SSSR count). The molecule has 0 saturated heterocycles. The number of fused-ring (bicyclic) bond motifs is 1. The second kappa shape index (κ2) is 5.97. The monoisotopic (exact) mass is 300 g/mol. The van der Waals surface area contributed by atoms with Crippen molar-refractivity contribution in [3.05, 3.63) is 59.1 Å². The van der Waals surface area contributed by atoms with Crippen LogP contribution in [0.1, 0.15) is 5.56 Å². The third-order valence-electron chi connectivity index (χ3n) is 3.02. The van der Waals surface area contributed by atoms with E-state index in [0.717, 1.165) is 5.56 Å². The normalized spacial score (nSPS) is 10.6. The van der Waals surface area contributed by atoms with E-state index in [1.807, 2.05) is 42.5 Å². The van der Waals surface area contributed by atoms with Gasteiger partial charge < -0.3 is 9.47 Å². The molecule has 0 aliphatic heterocycles. The van der Waals surface area contributed by atoms with E-state index in [-0.39, 0.29) is 6.01 Å². The van der Waals surface area contributed by atoms with E-state index < -0.39 is 0 Å². The Morgan fingerprint density at radius 3 is 2.57 bits per heavy atom. The third kappa shape index (κ3) is 2.90. The molecule has 0 fully saturated rings. The molecular formula is C16H13ClN2O2. The smallest absolute Gasteiger partial charge is 0.320 e. The van der Waals surface area contributed by atoms with Gasteiger partial charge in [0.1, 0.15) is 6.61 Å². The van der Waals surface area contributed by atoms with Crippen LogP contribution >= 0.6 is 11.6 Å². The second-order valence-electron chi connectivity index (χ2n) is 4.42. The molecular weight excluding hydrogens is 288 g/mol. The van der Waals surface area contributed by atoms with E-state index in [9.17, 15) is 0 Å². The van der Waals surface area contributed by atoms with Crippen LogP contribution in [0.15, 0.2) is 48.5 Å². The van der Waals surface area contributed by atoms with Gasteiger partial charge in [0.05, 0.1) is 23.0 Å². The summed E-state index contributed by atoms with van der Waals surface area (Å²) in [5.74, 6) is 0.411. The molecule has 0 bridgehead atoms. The van der Waals surface area contributed by atoms with Gasteiger partial charge in [0.25, 0.3) is 0 Å². The molecule has 4 nitrogen and oxygen atoms in total. The van der Waals surface area contributed by atoms with Crippen molar-refractivity contribution in [3.8, 4) is 11.9 Å². The quantitative estimate of drug-likeness (QED) is 0.733. The summed E-state index contributed by atoms with van der Waals surface area (Å²) in [4.78, 5) is 8.62. The highest BCUT2D eigenvalue weighted by atomic mass is 35.5. The highest BCUT2D eigenvalue weighted by Crippen LogP contribution is 2.31. The van der Waals surface area contributed by atoms with Crippen LogP contribution in [-0.2, 0) is 6.61 Å². The molecule has 0 radical (unpaired) electrons. The molecule has 1 heterocycles. The Morgan fingerprint density at radius 1 is 1.00 bits per heavy atom. The van der Waals surface area contributed by atoms with Crippen molar-refractivity contribution in [3.63, 3.8) is 0 Å². The maximum atomic E-state index is 6.17. The Bertz CT molecular complexity index is 763. The Hall–Kier alpha value is -2.33. The molecule has 0 aliphatic rings. The molecule has 106 valence electrons. The highest BCUT2D eigenvalue weighted by Gasteiger charge is 2.12. The van der Waals surface area contributed by atoms with Gasteiger partial charge in [-0.25, -0.2) is 0 Å². The number of hydrogen-bond donors (Lipinski definition) is 0. The summed E-state index contributed by atoms with van der Waals surface area (Å²) in [6, 6.07) is 15.6. The van der Waals surface area contributed by atoms with Crippen molar-refractivity contribution in [2.45, 2.75) is 6.61 Å². The van der Waals surface area contributed by atoms with Gasteiger partial charge >= 0.3 is 6.01 Å². The van der Waals surface area contributed by atoms with Crippen molar-refractivity contribution in [1.82, 2.24) is 9.97 Å². The van der Waals surface area contributed by atoms with Crippen molar-refractivity contribution in [2.24, 2.45) is 0 Å². The Kier molecular flexibility index (Phi) is 3.88. The van der Waals surface area contributed by atoms with E-state index >= 15 is 0 Å². The molecule has 0 N–H and O–H groups in total. The number of nitrogens with zero attached hydrogens (tertiary/aromatic N) is 2.